The molecule has 0 saturated heterocycles. The summed E-state index contributed by atoms with van der Waals surface area (Å²) in [5, 5.41) is 0. The Morgan fingerprint density at radius 3 is 2.67 bits per heavy atom. The predicted molar refractivity (Wildman–Crippen MR) is 35.8 cm³/mol. The van der Waals surface area contributed by atoms with Crippen LogP contribution in [-0.2, 0) is 4.79 Å². The highest BCUT2D eigenvalue weighted by Crippen LogP contribution is 2.18. The van der Waals surface area contributed by atoms with Gasteiger partial charge in [-0.1, -0.05) is 0 Å². The van der Waals surface area contributed by atoms with Crippen LogP contribution in [0.4, 0.5) is 0 Å². The molecule has 4 N–H and O–H groups in total. The van der Waals surface area contributed by atoms with Crippen LogP contribution in [0.25, 0.3) is 0 Å². The van der Waals surface area contributed by atoms with Gasteiger partial charge in [0, 0.05) is 5.70 Å². The van der Waals surface area contributed by atoms with Gasteiger partial charge in [-0.05, 0) is 18.9 Å². The van der Waals surface area contributed by atoms with Crippen molar-refractivity contribution in [1.82, 2.24) is 10.3 Å². The van der Waals surface area contributed by atoms with E-state index in [4.69, 9.17) is 5.73 Å². The number of hydrogen-bond donors (Lipinski definition) is 3. The summed E-state index contributed by atoms with van der Waals surface area (Å²) < 4.78 is 0. The number of hydrazine groups is 1. The van der Waals surface area contributed by atoms with Gasteiger partial charge in [-0.25, -0.2) is 0 Å². The predicted octanol–water partition coefficient (Wildman–Crippen LogP) is -0.541. The third kappa shape index (κ3) is 1.17. The number of nitrogens with two attached hydrogens (primary N) is 1. The Balaban J connectivity index is 2.78. The molecule has 4 nitrogen and oxygen atoms in total. The lowest BCUT2D eigenvalue weighted by molar-refractivity contribution is -0.113. The smallest absolute Gasteiger partial charge is 0.258 e. The topological polar surface area (TPSA) is 67.2 Å². The van der Waals surface area contributed by atoms with Gasteiger partial charge in [-0.15, -0.1) is 0 Å². The minimum Gasteiger partial charge on any atom is -0.365 e. The van der Waals surface area contributed by atoms with Crippen LogP contribution in [0.1, 0.15) is 6.92 Å². The first-order valence-electron chi connectivity index (χ1n) is 2.40. The lowest BCUT2D eigenvalue weighted by Gasteiger charge is -1.90. The standard InChI is InChI=1S/C4H7N3OS/c1-2-3(4(5)8)9-7-6-2/h6-7H,1H3,(H2,5,8). The van der Waals surface area contributed by atoms with Gasteiger partial charge in [0.15, 0.2) is 0 Å². The monoisotopic (exact) mass is 145 g/mol. The van der Waals surface area contributed by atoms with E-state index in [2.05, 4.69) is 10.3 Å². The summed E-state index contributed by atoms with van der Waals surface area (Å²) in [5.41, 5.74) is 8.52. The summed E-state index contributed by atoms with van der Waals surface area (Å²) in [4.78, 5) is 13.7. The van der Waals surface area contributed by atoms with Gasteiger partial charge in [0.25, 0.3) is 5.91 Å². The molecular formula is C4H7N3OS. The lowest BCUT2D eigenvalue weighted by atomic mass is 10.4. The molecule has 0 fully saturated rings. The average molecular weight is 145 g/mol. The Morgan fingerprint density at radius 1 is 1.78 bits per heavy atom. The minimum absolute atomic E-state index is 0.394. The van der Waals surface area contributed by atoms with Gasteiger partial charge in [0.1, 0.15) is 4.91 Å². The van der Waals surface area contributed by atoms with Crippen molar-refractivity contribution in [3.05, 3.63) is 10.6 Å². The summed E-state index contributed by atoms with van der Waals surface area (Å²) in [6.07, 6.45) is 0. The van der Waals surface area contributed by atoms with E-state index in [1.54, 1.807) is 6.92 Å². The molecule has 1 aliphatic rings. The summed E-state index contributed by atoms with van der Waals surface area (Å²) in [6.45, 7) is 1.78. The molecule has 0 radical (unpaired) electrons. The van der Waals surface area contributed by atoms with E-state index in [1.165, 1.54) is 11.9 Å². The van der Waals surface area contributed by atoms with Crippen molar-refractivity contribution in [2.75, 3.05) is 0 Å². The SMILES string of the molecule is CC1=C(C(N)=O)SNN1. The van der Waals surface area contributed by atoms with Gasteiger partial charge in [-0.3, -0.25) is 4.79 Å². The summed E-state index contributed by atoms with van der Waals surface area (Å²) >= 11 is 1.20. The molecule has 0 saturated carbocycles. The number of rotatable bonds is 1. The second kappa shape index (κ2) is 2.28. The number of allylic oxidation sites excluding steroid dienone is 1. The van der Waals surface area contributed by atoms with Crippen LogP contribution in [0, 0.1) is 0 Å². The summed E-state index contributed by atoms with van der Waals surface area (Å²) in [5.74, 6) is -0.394. The van der Waals surface area contributed by atoms with E-state index in [0.717, 1.165) is 5.70 Å². The van der Waals surface area contributed by atoms with Crippen LogP contribution in [-0.4, -0.2) is 5.91 Å². The second-order valence-electron chi connectivity index (χ2n) is 1.65. The fourth-order valence-corrected chi connectivity index (χ4v) is 1.13. The first-order valence-corrected chi connectivity index (χ1v) is 3.22. The maximum Gasteiger partial charge on any atom is 0.258 e. The Hall–Kier alpha value is -0.680. The second-order valence-corrected chi connectivity index (χ2v) is 2.46. The van der Waals surface area contributed by atoms with Crippen LogP contribution in [0.2, 0.25) is 0 Å². The van der Waals surface area contributed by atoms with E-state index >= 15 is 0 Å². The minimum atomic E-state index is -0.394. The van der Waals surface area contributed by atoms with Crippen LogP contribution in [0.5, 0.6) is 0 Å². The molecule has 0 aromatic heterocycles. The van der Waals surface area contributed by atoms with E-state index in [9.17, 15) is 4.79 Å². The van der Waals surface area contributed by atoms with Crippen molar-refractivity contribution >= 4 is 17.9 Å². The molecule has 9 heavy (non-hydrogen) atoms. The fraction of sp³-hybridized carbons (Fsp3) is 0.250. The first kappa shape index (κ1) is 6.44. The van der Waals surface area contributed by atoms with E-state index < -0.39 is 5.91 Å². The average Bonchev–Trinajstić information content (AvgIpc) is 2.13. The van der Waals surface area contributed by atoms with E-state index in [0.29, 0.717) is 4.91 Å². The molecule has 0 atom stereocenters. The Kier molecular flexibility index (Phi) is 1.63. The lowest BCUT2D eigenvalue weighted by Crippen LogP contribution is -2.16. The molecule has 50 valence electrons. The molecule has 1 heterocycles. The summed E-state index contributed by atoms with van der Waals surface area (Å²) in [6, 6.07) is 0. The third-order valence-electron chi connectivity index (χ3n) is 0.956. The van der Waals surface area contributed by atoms with Crippen LogP contribution >= 0.6 is 11.9 Å². The van der Waals surface area contributed by atoms with Gasteiger partial charge in [0.2, 0.25) is 0 Å². The molecule has 0 bridgehead atoms. The van der Waals surface area contributed by atoms with Crippen LogP contribution < -0.4 is 16.0 Å². The Morgan fingerprint density at radius 2 is 2.44 bits per heavy atom. The zero-order valence-electron chi connectivity index (χ0n) is 4.89. The molecular weight excluding hydrogens is 138 g/mol. The fourth-order valence-electron chi connectivity index (χ4n) is 0.522. The van der Waals surface area contributed by atoms with E-state index in [-0.39, 0.29) is 0 Å². The van der Waals surface area contributed by atoms with Gasteiger partial charge >= 0.3 is 0 Å². The van der Waals surface area contributed by atoms with Crippen LogP contribution in [0.3, 0.4) is 0 Å². The zero-order valence-corrected chi connectivity index (χ0v) is 5.71. The highest BCUT2D eigenvalue weighted by Gasteiger charge is 2.14. The molecule has 0 unspecified atom stereocenters. The van der Waals surface area contributed by atoms with Crippen LogP contribution in [0.15, 0.2) is 10.6 Å². The van der Waals surface area contributed by atoms with Crippen molar-refractivity contribution in [2.24, 2.45) is 5.73 Å². The van der Waals surface area contributed by atoms with Gasteiger partial charge < -0.3 is 11.2 Å². The summed E-state index contributed by atoms with van der Waals surface area (Å²) in [7, 11) is 0. The highest BCUT2D eigenvalue weighted by molar-refractivity contribution is 8.02. The number of primary amides is 1. The van der Waals surface area contributed by atoms with Crippen molar-refractivity contribution in [3.63, 3.8) is 0 Å². The third-order valence-corrected chi connectivity index (χ3v) is 1.87. The zero-order chi connectivity index (χ0) is 6.85. The molecule has 1 rings (SSSR count). The van der Waals surface area contributed by atoms with Crippen molar-refractivity contribution in [1.29, 1.82) is 0 Å². The number of nitrogens with one attached hydrogen (secondary N) is 2. The van der Waals surface area contributed by atoms with E-state index in [1.807, 2.05) is 0 Å². The number of carbonyl (C=O) groups excluding carboxylic acids is 1. The number of carbonyl (C=O) groups is 1. The Labute approximate surface area is 57.0 Å². The maximum atomic E-state index is 10.5. The quantitative estimate of drug-likeness (QED) is 0.433. The van der Waals surface area contributed by atoms with Crippen molar-refractivity contribution in [3.8, 4) is 0 Å². The first-order chi connectivity index (χ1) is 4.22. The Bertz CT molecular complexity index is 177. The molecule has 5 heteroatoms. The molecule has 0 spiro atoms. The molecule has 0 aromatic rings. The largest absolute Gasteiger partial charge is 0.365 e. The van der Waals surface area contributed by atoms with Crippen molar-refractivity contribution in [2.45, 2.75) is 6.92 Å². The van der Waals surface area contributed by atoms with Crippen molar-refractivity contribution < 1.29 is 4.79 Å². The van der Waals surface area contributed by atoms with Gasteiger partial charge in [-0.2, -0.15) is 4.83 Å². The highest BCUT2D eigenvalue weighted by atomic mass is 32.2. The number of amides is 1. The van der Waals surface area contributed by atoms with Gasteiger partial charge in [0.05, 0.1) is 0 Å². The molecule has 0 aromatic carbocycles. The maximum absolute atomic E-state index is 10.5. The molecule has 1 amide bonds. The molecule has 1 aliphatic heterocycles. The number of hydrogen-bond acceptors (Lipinski definition) is 4. The normalized spacial score (nSPS) is 17.9. The molecule has 0 aliphatic carbocycles.